The van der Waals surface area contributed by atoms with Crippen molar-refractivity contribution in [2.75, 3.05) is 5.73 Å². The summed E-state index contributed by atoms with van der Waals surface area (Å²) in [6.07, 6.45) is -8.00. The molecule has 1 aromatic heterocycles. The lowest BCUT2D eigenvalue weighted by Crippen LogP contribution is -2.17. The third-order valence-electron chi connectivity index (χ3n) is 1.48. The third-order valence-corrected chi connectivity index (χ3v) is 1.48. The molecule has 1 heterocycles. The molecule has 74 valence electrons. The Morgan fingerprint density at radius 1 is 1.54 bits per heavy atom. The summed E-state index contributed by atoms with van der Waals surface area (Å²) in [6.45, 7) is 0. The average Bonchev–Trinajstić information content (AvgIpc) is 2.29. The standard InChI is InChI=1S/C6H7F4N3/c1-13-4(11)2-3(12-13)5(7)6(8,9)10/h2,5H,11H2,1H3. The molecule has 1 rings (SSSR count). The predicted molar refractivity (Wildman–Crippen MR) is 37.5 cm³/mol. The van der Waals surface area contributed by atoms with Crippen molar-refractivity contribution in [2.24, 2.45) is 7.05 Å². The van der Waals surface area contributed by atoms with Gasteiger partial charge in [-0.25, -0.2) is 4.39 Å². The van der Waals surface area contributed by atoms with Crippen LogP contribution >= 0.6 is 0 Å². The summed E-state index contributed by atoms with van der Waals surface area (Å²) in [4.78, 5) is 0. The fourth-order valence-electron chi connectivity index (χ4n) is 0.796. The lowest BCUT2D eigenvalue weighted by atomic mass is 10.3. The van der Waals surface area contributed by atoms with Gasteiger partial charge in [-0.15, -0.1) is 0 Å². The van der Waals surface area contributed by atoms with Gasteiger partial charge in [0.05, 0.1) is 0 Å². The van der Waals surface area contributed by atoms with Crippen molar-refractivity contribution in [1.29, 1.82) is 0 Å². The number of anilines is 1. The quantitative estimate of drug-likeness (QED) is 0.694. The number of alkyl halides is 4. The number of rotatable bonds is 1. The monoisotopic (exact) mass is 197 g/mol. The molecule has 0 saturated carbocycles. The smallest absolute Gasteiger partial charge is 0.384 e. The minimum Gasteiger partial charge on any atom is -0.384 e. The highest BCUT2D eigenvalue weighted by Crippen LogP contribution is 2.35. The van der Waals surface area contributed by atoms with E-state index >= 15 is 0 Å². The first-order valence-corrected chi connectivity index (χ1v) is 3.32. The Morgan fingerprint density at radius 2 is 2.08 bits per heavy atom. The van der Waals surface area contributed by atoms with E-state index in [2.05, 4.69) is 5.10 Å². The van der Waals surface area contributed by atoms with Gasteiger partial charge in [0.25, 0.3) is 0 Å². The molecule has 1 atom stereocenters. The molecule has 1 aromatic rings. The summed E-state index contributed by atoms with van der Waals surface area (Å²) in [6, 6.07) is 0.859. The van der Waals surface area contributed by atoms with Crippen molar-refractivity contribution < 1.29 is 17.6 Å². The molecular weight excluding hydrogens is 190 g/mol. The molecule has 0 radical (unpaired) electrons. The minimum atomic E-state index is -4.93. The molecule has 0 saturated heterocycles. The van der Waals surface area contributed by atoms with Crippen LogP contribution in [0.1, 0.15) is 11.9 Å². The summed E-state index contributed by atoms with van der Waals surface area (Å²) in [5, 5.41) is 3.27. The second-order valence-corrected chi connectivity index (χ2v) is 2.52. The first-order valence-electron chi connectivity index (χ1n) is 3.32. The number of halogens is 4. The molecule has 2 N–H and O–H groups in total. The molecule has 0 aromatic carbocycles. The zero-order chi connectivity index (χ0) is 10.2. The van der Waals surface area contributed by atoms with Crippen molar-refractivity contribution >= 4 is 5.82 Å². The second-order valence-electron chi connectivity index (χ2n) is 2.52. The normalized spacial score (nSPS) is 14.5. The Hall–Kier alpha value is -1.27. The molecule has 0 aliphatic carbocycles. The fraction of sp³-hybridized carbons (Fsp3) is 0.500. The topological polar surface area (TPSA) is 43.8 Å². The van der Waals surface area contributed by atoms with Crippen molar-refractivity contribution in [3.63, 3.8) is 0 Å². The van der Waals surface area contributed by atoms with E-state index in [0.29, 0.717) is 0 Å². The molecule has 0 aliphatic heterocycles. The number of nitrogen functional groups attached to an aromatic ring is 1. The number of hydrogen-bond donors (Lipinski definition) is 1. The van der Waals surface area contributed by atoms with Gasteiger partial charge in [0, 0.05) is 13.1 Å². The van der Waals surface area contributed by atoms with E-state index in [1.807, 2.05) is 0 Å². The molecule has 13 heavy (non-hydrogen) atoms. The fourth-order valence-corrected chi connectivity index (χ4v) is 0.796. The molecule has 1 unspecified atom stereocenters. The Kier molecular flexibility index (Phi) is 2.19. The highest BCUT2D eigenvalue weighted by atomic mass is 19.4. The molecule has 0 bridgehead atoms. The zero-order valence-electron chi connectivity index (χ0n) is 6.64. The third kappa shape index (κ3) is 1.90. The minimum absolute atomic E-state index is 0.0121. The van der Waals surface area contributed by atoms with E-state index in [4.69, 9.17) is 5.73 Å². The highest BCUT2D eigenvalue weighted by molar-refractivity contribution is 5.31. The Morgan fingerprint density at radius 3 is 2.38 bits per heavy atom. The van der Waals surface area contributed by atoms with Crippen LogP contribution in [0.3, 0.4) is 0 Å². The van der Waals surface area contributed by atoms with Gasteiger partial charge in [0.2, 0.25) is 6.17 Å². The van der Waals surface area contributed by atoms with Gasteiger partial charge in [0.15, 0.2) is 0 Å². The average molecular weight is 197 g/mol. The molecule has 0 aliphatic rings. The largest absolute Gasteiger partial charge is 0.425 e. The number of hydrogen-bond acceptors (Lipinski definition) is 2. The summed E-state index contributed by atoms with van der Waals surface area (Å²) in [5.41, 5.74) is 4.47. The molecule has 0 spiro atoms. The number of nitrogens with two attached hydrogens (primary N) is 1. The van der Waals surface area contributed by atoms with Gasteiger partial charge in [0.1, 0.15) is 11.5 Å². The van der Waals surface area contributed by atoms with E-state index in [0.717, 1.165) is 10.7 Å². The van der Waals surface area contributed by atoms with Gasteiger partial charge < -0.3 is 5.73 Å². The predicted octanol–water partition coefficient (Wildman–Crippen LogP) is 1.58. The van der Waals surface area contributed by atoms with Gasteiger partial charge in [-0.05, 0) is 0 Å². The maximum atomic E-state index is 12.6. The molecule has 3 nitrogen and oxygen atoms in total. The van der Waals surface area contributed by atoms with E-state index in [1.54, 1.807) is 0 Å². The van der Waals surface area contributed by atoms with Crippen LogP contribution in [0.2, 0.25) is 0 Å². The molecule has 0 fully saturated rings. The van der Waals surface area contributed by atoms with E-state index in [9.17, 15) is 17.6 Å². The molecule has 7 heteroatoms. The van der Waals surface area contributed by atoms with Gasteiger partial charge in [-0.1, -0.05) is 0 Å². The van der Waals surface area contributed by atoms with Crippen molar-refractivity contribution in [3.05, 3.63) is 11.8 Å². The van der Waals surface area contributed by atoms with Gasteiger partial charge in [-0.2, -0.15) is 18.3 Å². The van der Waals surface area contributed by atoms with Crippen LogP contribution in [-0.4, -0.2) is 16.0 Å². The first-order chi connectivity index (χ1) is 5.82. The lowest BCUT2D eigenvalue weighted by molar-refractivity contribution is -0.183. The van der Waals surface area contributed by atoms with Gasteiger partial charge in [-0.3, -0.25) is 4.68 Å². The van der Waals surface area contributed by atoms with Crippen LogP contribution < -0.4 is 5.73 Å². The Bertz CT molecular complexity index is 284. The van der Waals surface area contributed by atoms with Crippen LogP contribution in [0.25, 0.3) is 0 Å². The Labute approximate surface area is 71.1 Å². The summed E-state index contributed by atoms with van der Waals surface area (Å²) < 4.78 is 49.0. The van der Waals surface area contributed by atoms with Crippen LogP contribution in [0.4, 0.5) is 23.4 Å². The van der Waals surface area contributed by atoms with Crippen molar-refractivity contribution in [1.82, 2.24) is 9.78 Å². The number of nitrogens with zero attached hydrogens (tertiary/aromatic N) is 2. The van der Waals surface area contributed by atoms with Crippen molar-refractivity contribution in [3.8, 4) is 0 Å². The number of aromatic nitrogens is 2. The van der Waals surface area contributed by atoms with Crippen LogP contribution in [0, 0.1) is 0 Å². The summed E-state index contributed by atoms with van der Waals surface area (Å²) >= 11 is 0. The first kappa shape index (κ1) is 9.82. The molecular formula is C6H7F4N3. The SMILES string of the molecule is Cn1nc(C(F)C(F)(F)F)cc1N. The van der Waals surface area contributed by atoms with Crippen molar-refractivity contribution in [2.45, 2.75) is 12.3 Å². The van der Waals surface area contributed by atoms with E-state index in [1.165, 1.54) is 7.05 Å². The number of aryl methyl sites for hydroxylation is 1. The maximum absolute atomic E-state index is 12.6. The van der Waals surface area contributed by atoms with E-state index < -0.39 is 18.0 Å². The lowest BCUT2D eigenvalue weighted by Gasteiger charge is -2.08. The van der Waals surface area contributed by atoms with Crippen LogP contribution in [0.5, 0.6) is 0 Å². The van der Waals surface area contributed by atoms with Crippen LogP contribution in [-0.2, 0) is 7.05 Å². The van der Waals surface area contributed by atoms with Gasteiger partial charge >= 0.3 is 6.18 Å². The summed E-state index contributed by atoms with van der Waals surface area (Å²) in [7, 11) is 1.34. The zero-order valence-corrected chi connectivity index (χ0v) is 6.64. The summed E-state index contributed by atoms with van der Waals surface area (Å²) in [5.74, 6) is -0.0121. The van der Waals surface area contributed by atoms with Crippen LogP contribution in [0.15, 0.2) is 6.07 Å². The second kappa shape index (κ2) is 2.90. The molecule has 0 amide bonds. The Balaban J connectivity index is 2.96. The maximum Gasteiger partial charge on any atom is 0.425 e. The van der Waals surface area contributed by atoms with E-state index in [-0.39, 0.29) is 5.82 Å². The highest BCUT2D eigenvalue weighted by Gasteiger charge is 2.43.